The first-order valence-corrected chi connectivity index (χ1v) is 5.30. The molecular weight excluding hydrogens is 148 g/mol. The van der Waals surface area contributed by atoms with Gasteiger partial charge < -0.3 is 10.6 Å². The average molecular weight is 168 g/mol. The summed E-state index contributed by atoms with van der Waals surface area (Å²) in [4.78, 5) is 0. The Morgan fingerprint density at radius 3 is 2.75 bits per heavy atom. The second-order valence-electron chi connectivity index (χ2n) is 4.43. The van der Waals surface area contributed by atoms with Crippen molar-refractivity contribution in [3.05, 3.63) is 0 Å². The maximum Gasteiger partial charge on any atom is 0.00929 e. The molecule has 0 radical (unpaired) electrons. The fourth-order valence-electron chi connectivity index (χ4n) is 2.18. The lowest BCUT2D eigenvalue weighted by Gasteiger charge is -2.35. The van der Waals surface area contributed by atoms with Gasteiger partial charge >= 0.3 is 0 Å². The van der Waals surface area contributed by atoms with Crippen LogP contribution >= 0.6 is 0 Å². The number of hydrogen-bond acceptors (Lipinski definition) is 2. The van der Waals surface area contributed by atoms with E-state index in [2.05, 4.69) is 17.6 Å². The molecule has 70 valence electrons. The van der Waals surface area contributed by atoms with Gasteiger partial charge in [-0.25, -0.2) is 0 Å². The van der Waals surface area contributed by atoms with Crippen LogP contribution in [0.2, 0.25) is 0 Å². The Hall–Kier alpha value is -0.0800. The summed E-state index contributed by atoms with van der Waals surface area (Å²) in [5.74, 6) is 1.83. The third-order valence-corrected chi connectivity index (χ3v) is 3.45. The molecule has 2 heteroatoms. The highest BCUT2D eigenvalue weighted by Crippen LogP contribution is 2.26. The van der Waals surface area contributed by atoms with Crippen LogP contribution < -0.4 is 10.6 Å². The van der Waals surface area contributed by atoms with Gasteiger partial charge in [-0.3, -0.25) is 0 Å². The summed E-state index contributed by atoms with van der Waals surface area (Å²) in [7, 11) is 0. The molecular formula is C10H20N2. The van der Waals surface area contributed by atoms with Crippen molar-refractivity contribution in [2.75, 3.05) is 19.6 Å². The van der Waals surface area contributed by atoms with Gasteiger partial charge in [0.05, 0.1) is 0 Å². The Morgan fingerprint density at radius 1 is 1.33 bits per heavy atom. The molecule has 1 saturated heterocycles. The molecule has 12 heavy (non-hydrogen) atoms. The second kappa shape index (κ2) is 3.75. The summed E-state index contributed by atoms with van der Waals surface area (Å²) in [6, 6.07) is 0.839. The predicted molar refractivity (Wildman–Crippen MR) is 51.2 cm³/mol. The van der Waals surface area contributed by atoms with Gasteiger partial charge in [-0.15, -0.1) is 0 Å². The number of hydrogen-bond donors (Lipinski definition) is 2. The fraction of sp³-hybridized carbons (Fsp3) is 1.00. The minimum atomic E-state index is 0.839. The van der Waals surface area contributed by atoms with Gasteiger partial charge in [0.2, 0.25) is 0 Å². The highest BCUT2D eigenvalue weighted by atomic mass is 15.0. The average Bonchev–Trinajstić information content (AvgIpc) is 2.54. The van der Waals surface area contributed by atoms with Crippen LogP contribution in [0.5, 0.6) is 0 Å². The molecule has 2 N–H and O–H groups in total. The lowest BCUT2D eigenvalue weighted by molar-refractivity contribution is 0.222. The summed E-state index contributed by atoms with van der Waals surface area (Å²) in [5, 5.41) is 7.07. The van der Waals surface area contributed by atoms with Crippen molar-refractivity contribution < 1.29 is 0 Å². The summed E-state index contributed by atoms with van der Waals surface area (Å²) >= 11 is 0. The Labute approximate surface area is 75.1 Å². The first kappa shape index (κ1) is 8.52. The van der Waals surface area contributed by atoms with Crippen LogP contribution in [0.25, 0.3) is 0 Å². The molecule has 2 nitrogen and oxygen atoms in total. The minimum absolute atomic E-state index is 0.839. The van der Waals surface area contributed by atoms with Crippen LogP contribution in [-0.4, -0.2) is 25.7 Å². The van der Waals surface area contributed by atoms with Crippen molar-refractivity contribution in [3.63, 3.8) is 0 Å². The first-order chi connectivity index (χ1) is 5.86. The Balaban J connectivity index is 1.61. The lowest BCUT2D eigenvalue weighted by Crippen LogP contribution is -2.44. The van der Waals surface area contributed by atoms with E-state index in [-0.39, 0.29) is 0 Å². The maximum atomic E-state index is 3.67. The molecule has 1 aliphatic heterocycles. The van der Waals surface area contributed by atoms with Crippen molar-refractivity contribution in [1.29, 1.82) is 0 Å². The van der Waals surface area contributed by atoms with Crippen molar-refractivity contribution >= 4 is 0 Å². The normalized spacial score (nSPS) is 41.2. The monoisotopic (exact) mass is 168 g/mol. The van der Waals surface area contributed by atoms with E-state index in [1.807, 2.05) is 0 Å². The molecule has 0 amide bonds. The lowest BCUT2D eigenvalue weighted by atomic mass is 9.81. The quantitative estimate of drug-likeness (QED) is 0.656. The van der Waals surface area contributed by atoms with Crippen LogP contribution in [0.1, 0.15) is 26.2 Å². The Bertz CT molecular complexity index is 139. The highest BCUT2D eigenvalue weighted by molar-refractivity contribution is 4.85. The van der Waals surface area contributed by atoms with E-state index in [0.29, 0.717) is 0 Å². The van der Waals surface area contributed by atoms with E-state index in [4.69, 9.17) is 0 Å². The van der Waals surface area contributed by atoms with Crippen molar-refractivity contribution in [2.45, 2.75) is 32.2 Å². The second-order valence-corrected chi connectivity index (χ2v) is 4.43. The van der Waals surface area contributed by atoms with E-state index < -0.39 is 0 Å². The zero-order chi connectivity index (χ0) is 8.39. The van der Waals surface area contributed by atoms with Gasteiger partial charge in [-0.05, 0) is 50.7 Å². The largest absolute Gasteiger partial charge is 0.316 e. The van der Waals surface area contributed by atoms with Gasteiger partial charge in [0, 0.05) is 6.04 Å². The first-order valence-electron chi connectivity index (χ1n) is 5.30. The zero-order valence-corrected chi connectivity index (χ0v) is 7.97. The molecule has 0 aromatic rings. The van der Waals surface area contributed by atoms with Gasteiger partial charge in [-0.1, -0.05) is 6.92 Å². The zero-order valence-electron chi connectivity index (χ0n) is 7.97. The standard InChI is InChI=1S/C10H20N2/c1-8-2-3-10(8)12-7-9-4-5-11-6-9/h8-12H,2-7H2,1H3. The van der Waals surface area contributed by atoms with Crippen LogP contribution in [0, 0.1) is 11.8 Å². The van der Waals surface area contributed by atoms with Crippen LogP contribution in [0.3, 0.4) is 0 Å². The summed E-state index contributed by atoms with van der Waals surface area (Å²) in [6.07, 6.45) is 4.20. The van der Waals surface area contributed by atoms with Gasteiger partial charge in [0.25, 0.3) is 0 Å². The van der Waals surface area contributed by atoms with E-state index in [1.54, 1.807) is 0 Å². The molecule has 0 aromatic carbocycles. The molecule has 2 fully saturated rings. The smallest absolute Gasteiger partial charge is 0.00929 e. The van der Waals surface area contributed by atoms with Crippen LogP contribution in [-0.2, 0) is 0 Å². The van der Waals surface area contributed by atoms with Crippen LogP contribution in [0.15, 0.2) is 0 Å². The Kier molecular flexibility index (Phi) is 2.66. The van der Waals surface area contributed by atoms with Gasteiger partial charge in [-0.2, -0.15) is 0 Å². The summed E-state index contributed by atoms with van der Waals surface area (Å²) in [6.45, 7) is 6.05. The van der Waals surface area contributed by atoms with E-state index >= 15 is 0 Å². The molecule has 0 aromatic heterocycles. The van der Waals surface area contributed by atoms with Crippen molar-refractivity contribution in [1.82, 2.24) is 10.6 Å². The molecule has 1 saturated carbocycles. The molecule has 3 unspecified atom stereocenters. The molecule has 1 aliphatic carbocycles. The van der Waals surface area contributed by atoms with Crippen molar-refractivity contribution in [2.24, 2.45) is 11.8 Å². The topological polar surface area (TPSA) is 24.1 Å². The number of rotatable bonds is 3. The number of nitrogens with one attached hydrogen (secondary N) is 2. The fourth-order valence-corrected chi connectivity index (χ4v) is 2.18. The third kappa shape index (κ3) is 1.80. The minimum Gasteiger partial charge on any atom is -0.316 e. The summed E-state index contributed by atoms with van der Waals surface area (Å²) in [5.41, 5.74) is 0. The summed E-state index contributed by atoms with van der Waals surface area (Å²) < 4.78 is 0. The molecule has 1 heterocycles. The van der Waals surface area contributed by atoms with E-state index in [1.165, 1.54) is 38.9 Å². The van der Waals surface area contributed by atoms with Crippen LogP contribution in [0.4, 0.5) is 0 Å². The SMILES string of the molecule is CC1CCC1NCC1CCNC1. The molecule has 2 rings (SSSR count). The van der Waals surface area contributed by atoms with Gasteiger partial charge in [0.1, 0.15) is 0 Å². The molecule has 2 aliphatic rings. The highest BCUT2D eigenvalue weighted by Gasteiger charge is 2.27. The predicted octanol–water partition coefficient (Wildman–Crippen LogP) is 0.984. The van der Waals surface area contributed by atoms with E-state index in [0.717, 1.165) is 17.9 Å². The molecule has 0 bridgehead atoms. The molecule has 0 spiro atoms. The molecule has 3 atom stereocenters. The van der Waals surface area contributed by atoms with Gasteiger partial charge in [0.15, 0.2) is 0 Å². The Morgan fingerprint density at radius 2 is 2.25 bits per heavy atom. The third-order valence-electron chi connectivity index (χ3n) is 3.45. The maximum absolute atomic E-state index is 3.67. The van der Waals surface area contributed by atoms with Crippen molar-refractivity contribution in [3.8, 4) is 0 Å². The van der Waals surface area contributed by atoms with E-state index in [9.17, 15) is 0 Å².